The Morgan fingerprint density at radius 2 is 1.81 bits per heavy atom. The Kier molecular flexibility index (Phi) is 3.88. The van der Waals surface area contributed by atoms with E-state index in [1.54, 1.807) is 31.4 Å². The van der Waals surface area contributed by atoms with E-state index >= 15 is 0 Å². The van der Waals surface area contributed by atoms with Crippen LogP contribution in [0.25, 0.3) is 10.8 Å². The predicted octanol–water partition coefficient (Wildman–Crippen LogP) is 3.23. The number of carbonyl (C=O) groups excluding carboxylic acids is 1. The summed E-state index contributed by atoms with van der Waals surface area (Å²) in [6, 6.07) is 10.1. The number of benzene rings is 2. The maximum absolute atomic E-state index is 13.8. The number of rotatable bonds is 2. The summed E-state index contributed by atoms with van der Waals surface area (Å²) in [5.41, 5.74) is 0.572. The quantitative estimate of drug-likeness (QED) is 0.848. The lowest BCUT2D eigenvalue weighted by atomic mass is 10.0. The number of ether oxygens (including phenoxy) is 1. The van der Waals surface area contributed by atoms with Crippen molar-refractivity contribution < 1.29 is 13.9 Å². The van der Waals surface area contributed by atoms with E-state index < -0.39 is 0 Å². The van der Waals surface area contributed by atoms with Crippen molar-refractivity contribution in [2.45, 2.75) is 18.9 Å². The molecule has 1 fully saturated rings. The third-order valence-electron chi connectivity index (χ3n) is 4.16. The maximum atomic E-state index is 13.8. The highest BCUT2D eigenvalue weighted by atomic mass is 19.1. The minimum atomic E-state index is -0.291. The lowest BCUT2D eigenvalue weighted by molar-refractivity contribution is 0.0352. The molecule has 0 N–H and O–H groups in total. The number of amides is 1. The highest BCUT2D eigenvalue weighted by molar-refractivity contribution is 6.07. The van der Waals surface area contributed by atoms with E-state index in [9.17, 15) is 9.18 Å². The van der Waals surface area contributed by atoms with Gasteiger partial charge in [-0.15, -0.1) is 0 Å². The van der Waals surface area contributed by atoms with Crippen LogP contribution in [0.3, 0.4) is 0 Å². The van der Waals surface area contributed by atoms with Crippen molar-refractivity contribution in [1.29, 1.82) is 0 Å². The van der Waals surface area contributed by atoms with Crippen molar-refractivity contribution in [3.63, 3.8) is 0 Å². The summed E-state index contributed by atoms with van der Waals surface area (Å²) in [7, 11) is 1.70. The zero-order valence-electron chi connectivity index (χ0n) is 12.0. The second kappa shape index (κ2) is 5.82. The Morgan fingerprint density at radius 3 is 2.48 bits per heavy atom. The van der Waals surface area contributed by atoms with Crippen molar-refractivity contribution in [1.82, 2.24) is 4.90 Å². The van der Waals surface area contributed by atoms with Crippen LogP contribution in [-0.2, 0) is 4.74 Å². The van der Waals surface area contributed by atoms with E-state index in [2.05, 4.69) is 0 Å². The van der Waals surface area contributed by atoms with Gasteiger partial charge in [0.2, 0.25) is 0 Å². The average Bonchev–Trinajstić information content (AvgIpc) is 2.55. The number of likely N-dealkylation sites (tertiary alicyclic amines) is 1. The molecule has 3 rings (SSSR count). The monoisotopic (exact) mass is 287 g/mol. The molecule has 110 valence electrons. The molecule has 1 amide bonds. The highest BCUT2D eigenvalue weighted by Crippen LogP contribution is 2.24. The Labute approximate surface area is 123 Å². The predicted molar refractivity (Wildman–Crippen MR) is 79.8 cm³/mol. The van der Waals surface area contributed by atoms with Gasteiger partial charge in [0.25, 0.3) is 5.91 Å². The minimum absolute atomic E-state index is 0.0271. The molecule has 0 unspecified atom stereocenters. The van der Waals surface area contributed by atoms with Gasteiger partial charge in [-0.1, -0.05) is 24.3 Å². The van der Waals surface area contributed by atoms with Crippen LogP contribution >= 0.6 is 0 Å². The standard InChI is InChI=1S/C17H18FNO2/c1-21-12-8-10-19(11-9-12)17(20)15-6-7-16(18)14-5-3-2-4-13(14)15/h2-7,12H,8-11H2,1H3. The van der Waals surface area contributed by atoms with Gasteiger partial charge in [-0.2, -0.15) is 0 Å². The first-order valence-corrected chi connectivity index (χ1v) is 7.20. The second-order valence-electron chi connectivity index (χ2n) is 5.37. The minimum Gasteiger partial charge on any atom is -0.381 e. The van der Waals surface area contributed by atoms with E-state index in [-0.39, 0.29) is 17.8 Å². The van der Waals surface area contributed by atoms with Gasteiger partial charge in [0.15, 0.2) is 0 Å². The van der Waals surface area contributed by atoms with Crippen molar-refractivity contribution in [2.24, 2.45) is 0 Å². The molecule has 21 heavy (non-hydrogen) atoms. The molecule has 1 saturated heterocycles. The molecule has 3 nitrogen and oxygen atoms in total. The van der Waals surface area contributed by atoms with Gasteiger partial charge in [0, 0.05) is 31.1 Å². The molecule has 0 atom stereocenters. The molecule has 1 aliphatic rings. The zero-order valence-corrected chi connectivity index (χ0v) is 12.0. The molecule has 0 bridgehead atoms. The molecule has 2 aromatic rings. The number of halogens is 1. The van der Waals surface area contributed by atoms with E-state index in [0.29, 0.717) is 29.4 Å². The molecular formula is C17H18FNO2. The normalized spacial score (nSPS) is 16.4. The number of carbonyl (C=O) groups is 1. The molecule has 2 aromatic carbocycles. The number of hydrogen-bond acceptors (Lipinski definition) is 2. The van der Waals surface area contributed by atoms with Crippen LogP contribution < -0.4 is 0 Å². The van der Waals surface area contributed by atoms with Crippen molar-refractivity contribution in [3.8, 4) is 0 Å². The Bertz CT molecular complexity index is 663. The lowest BCUT2D eigenvalue weighted by Crippen LogP contribution is -2.40. The van der Waals surface area contributed by atoms with Gasteiger partial charge < -0.3 is 9.64 Å². The van der Waals surface area contributed by atoms with Gasteiger partial charge in [0.05, 0.1) is 6.10 Å². The third-order valence-corrected chi connectivity index (χ3v) is 4.16. The molecule has 0 saturated carbocycles. The van der Waals surface area contributed by atoms with Gasteiger partial charge in [-0.05, 0) is 30.4 Å². The third kappa shape index (κ3) is 2.63. The van der Waals surface area contributed by atoms with Gasteiger partial charge in [0.1, 0.15) is 5.82 Å². The Hall–Kier alpha value is -1.94. The molecular weight excluding hydrogens is 269 g/mol. The Morgan fingerprint density at radius 1 is 1.14 bits per heavy atom. The van der Waals surface area contributed by atoms with Crippen molar-refractivity contribution in [3.05, 3.63) is 47.8 Å². The second-order valence-corrected chi connectivity index (χ2v) is 5.37. The van der Waals surface area contributed by atoms with E-state index in [0.717, 1.165) is 12.8 Å². The number of methoxy groups -OCH3 is 1. The van der Waals surface area contributed by atoms with Crippen LogP contribution in [0.4, 0.5) is 4.39 Å². The topological polar surface area (TPSA) is 29.5 Å². The van der Waals surface area contributed by atoms with Crippen LogP contribution in [-0.4, -0.2) is 37.1 Å². The SMILES string of the molecule is COC1CCN(C(=O)c2ccc(F)c3ccccc23)CC1. The summed E-state index contributed by atoms with van der Waals surface area (Å²) in [6.45, 7) is 1.37. The molecule has 4 heteroatoms. The smallest absolute Gasteiger partial charge is 0.254 e. The number of hydrogen-bond donors (Lipinski definition) is 0. The molecule has 0 aliphatic carbocycles. The fourth-order valence-corrected chi connectivity index (χ4v) is 2.91. The summed E-state index contributed by atoms with van der Waals surface area (Å²) in [4.78, 5) is 14.5. The fraction of sp³-hybridized carbons (Fsp3) is 0.353. The highest BCUT2D eigenvalue weighted by Gasteiger charge is 2.24. The largest absolute Gasteiger partial charge is 0.381 e. The van der Waals surface area contributed by atoms with Crippen molar-refractivity contribution in [2.75, 3.05) is 20.2 Å². The molecule has 0 radical (unpaired) electrons. The summed E-state index contributed by atoms with van der Waals surface area (Å²) >= 11 is 0. The van der Waals surface area contributed by atoms with Gasteiger partial charge >= 0.3 is 0 Å². The number of fused-ring (bicyclic) bond motifs is 1. The van der Waals surface area contributed by atoms with E-state index in [1.807, 2.05) is 11.0 Å². The summed E-state index contributed by atoms with van der Waals surface area (Å²) < 4.78 is 19.2. The maximum Gasteiger partial charge on any atom is 0.254 e. The van der Waals surface area contributed by atoms with Crippen LogP contribution in [0.15, 0.2) is 36.4 Å². The van der Waals surface area contributed by atoms with E-state index in [4.69, 9.17) is 4.74 Å². The molecule has 0 aromatic heterocycles. The first-order chi connectivity index (χ1) is 10.2. The summed E-state index contributed by atoms with van der Waals surface area (Å²) in [5, 5.41) is 1.17. The fourth-order valence-electron chi connectivity index (χ4n) is 2.91. The van der Waals surface area contributed by atoms with Crippen LogP contribution in [0.5, 0.6) is 0 Å². The number of piperidine rings is 1. The first kappa shape index (κ1) is 14.0. The Balaban J connectivity index is 1.90. The van der Waals surface area contributed by atoms with Crippen LogP contribution in [0.1, 0.15) is 23.2 Å². The first-order valence-electron chi connectivity index (χ1n) is 7.20. The summed E-state index contributed by atoms with van der Waals surface area (Å²) in [5.74, 6) is -0.319. The molecule has 1 heterocycles. The van der Waals surface area contributed by atoms with E-state index in [1.165, 1.54) is 6.07 Å². The van der Waals surface area contributed by atoms with Crippen LogP contribution in [0.2, 0.25) is 0 Å². The van der Waals surface area contributed by atoms with Gasteiger partial charge in [-0.3, -0.25) is 4.79 Å². The van der Waals surface area contributed by atoms with Gasteiger partial charge in [-0.25, -0.2) is 4.39 Å². The van der Waals surface area contributed by atoms with Crippen molar-refractivity contribution >= 4 is 16.7 Å². The number of nitrogens with zero attached hydrogens (tertiary/aromatic N) is 1. The van der Waals surface area contributed by atoms with Crippen LogP contribution in [0, 0.1) is 5.82 Å². The zero-order chi connectivity index (χ0) is 14.8. The lowest BCUT2D eigenvalue weighted by Gasteiger charge is -2.31. The molecule has 0 spiro atoms. The summed E-state index contributed by atoms with van der Waals surface area (Å²) in [6.07, 6.45) is 1.93. The molecule has 1 aliphatic heterocycles. The average molecular weight is 287 g/mol.